The van der Waals surface area contributed by atoms with E-state index in [1.165, 1.54) is 18.2 Å². The molecule has 5 nitrogen and oxygen atoms in total. The van der Waals surface area contributed by atoms with Gasteiger partial charge in [0.05, 0.1) is 19.9 Å². The van der Waals surface area contributed by atoms with E-state index < -0.39 is 6.09 Å². The molecule has 0 aliphatic heterocycles. The summed E-state index contributed by atoms with van der Waals surface area (Å²) >= 11 is 0. The van der Waals surface area contributed by atoms with Gasteiger partial charge in [-0.2, -0.15) is 0 Å². The summed E-state index contributed by atoms with van der Waals surface area (Å²) in [7, 11) is 1.35. The third kappa shape index (κ3) is 5.42. The molecule has 1 amide bonds. The van der Waals surface area contributed by atoms with Crippen molar-refractivity contribution in [2.24, 2.45) is 5.16 Å². The third-order valence-electron chi connectivity index (χ3n) is 2.13. The van der Waals surface area contributed by atoms with Crippen LogP contribution in [0.25, 0.3) is 0 Å². The second-order valence-corrected chi connectivity index (χ2v) is 4.91. The lowest BCUT2D eigenvalue weighted by atomic mass is 10.2. The van der Waals surface area contributed by atoms with Crippen molar-refractivity contribution in [3.8, 4) is 0 Å². The molecule has 0 N–H and O–H groups in total. The monoisotopic (exact) mass is 264 g/mol. The number of anilines is 1. The fourth-order valence-corrected chi connectivity index (χ4v) is 1.31. The van der Waals surface area contributed by atoms with Crippen LogP contribution in [-0.2, 0) is 9.57 Å². The molecule has 1 aromatic rings. The number of para-hydroxylation sites is 1. The van der Waals surface area contributed by atoms with Crippen LogP contribution >= 0.6 is 0 Å². The molecule has 5 heteroatoms. The molecule has 0 radical (unpaired) electrons. The Morgan fingerprint density at radius 3 is 2.47 bits per heavy atom. The Balaban J connectivity index is 2.70. The van der Waals surface area contributed by atoms with Gasteiger partial charge in [0.1, 0.15) is 5.60 Å². The molecule has 0 bridgehead atoms. The molecule has 0 saturated carbocycles. The number of methoxy groups -OCH3 is 1. The van der Waals surface area contributed by atoms with Crippen LogP contribution in [0.1, 0.15) is 20.8 Å². The zero-order chi connectivity index (χ0) is 14.3. The minimum atomic E-state index is -0.437. The zero-order valence-electron chi connectivity index (χ0n) is 11.8. The summed E-state index contributed by atoms with van der Waals surface area (Å²) in [6.45, 7) is 5.99. The van der Waals surface area contributed by atoms with E-state index in [1.807, 2.05) is 51.1 Å². The molecule has 104 valence electrons. The molecule has 0 heterocycles. The van der Waals surface area contributed by atoms with Crippen molar-refractivity contribution < 1.29 is 14.4 Å². The lowest BCUT2D eigenvalue weighted by Crippen LogP contribution is -2.32. The van der Waals surface area contributed by atoms with Crippen LogP contribution in [0.3, 0.4) is 0 Å². The van der Waals surface area contributed by atoms with Gasteiger partial charge in [0.25, 0.3) is 0 Å². The van der Waals surface area contributed by atoms with E-state index >= 15 is 0 Å². The molecule has 0 aliphatic carbocycles. The lowest BCUT2D eigenvalue weighted by Gasteiger charge is -2.19. The number of hydrogen-bond donors (Lipinski definition) is 0. The molecule has 0 saturated heterocycles. The Morgan fingerprint density at radius 2 is 1.95 bits per heavy atom. The smallest absolute Gasteiger partial charge is 0.414 e. The maximum Gasteiger partial charge on any atom is 0.414 e. The summed E-state index contributed by atoms with van der Waals surface area (Å²) in [6.07, 6.45) is 1.10. The average Bonchev–Trinajstić information content (AvgIpc) is 2.38. The van der Waals surface area contributed by atoms with Gasteiger partial charge >= 0.3 is 6.09 Å². The van der Waals surface area contributed by atoms with Crippen LogP contribution in [0, 0.1) is 0 Å². The molecule has 0 spiro atoms. The first kappa shape index (κ1) is 15.0. The van der Waals surface area contributed by atoms with Gasteiger partial charge in [-0.25, -0.2) is 4.79 Å². The Hall–Kier alpha value is -2.04. The highest BCUT2D eigenvalue weighted by atomic mass is 16.6. The summed E-state index contributed by atoms with van der Waals surface area (Å²) in [5.74, 6) is 0. The molecule has 0 aromatic heterocycles. The predicted molar refractivity (Wildman–Crippen MR) is 75.5 cm³/mol. The van der Waals surface area contributed by atoms with Crippen molar-refractivity contribution >= 4 is 18.0 Å². The molecule has 1 aromatic carbocycles. The normalized spacial score (nSPS) is 11.4. The maximum absolute atomic E-state index is 11.7. The number of hydrogen-bond acceptors (Lipinski definition) is 4. The molecule has 1 rings (SSSR count). The minimum absolute atomic E-state index is 0.284. The highest BCUT2D eigenvalue weighted by Gasteiger charge is 2.15. The highest BCUT2D eigenvalue weighted by Crippen LogP contribution is 2.13. The standard InChI is InChI=1S/C14H20N2O3/c1-14(2,3)19-15-10-11-16(13(17)18-4)12-8-6-5-7-9-12/h5-10H,11H2,1-4H3/b15-10+. The number of amides is 1. The number of carbonyl (C=O) groups is 1. The van der Waals surface area contributed by atoms with Crippen LogP contribution in [0.15, 0.2) is 35.5 Å². The topological polar surface area (TPSA) is 51.1 Å². The van der Waals surface area contributed by atoms with Gasteiger partial charge in [0.2, 0.25) is 0 Å². The van der Waals surface area contributed by atoms with E-state index in [1.54, 1.807) is 0 Å². The van der Waals surface area contributed by atoms with E-state index in [0.29, 0.717) is 0 Å². The second-order valence-electron chi connectivity index (χ2n) is 4.91. The quantitative estimate of drug-likeness (QED) is 0.620. The number of ether oxygens (including phenoxy) is 1. The SMILES string of the molecule is COC(=O)N(C/C=N/OC(C)(C)C)c1ccccc1. The van der Waals surface area contributed by atoms with Crippen molar-refractivity contribution in [1.82, 2.24) is 0 Å². The molecule has 0 fully saturated rings. The first-order valence-electron chi connectivity index (χ1n) is 6.04. The van der Waals surface area contributed by atoms with Crippen LogP contribution in [0.4, 0.5) is 10.5 Å². The summed E-state index contributed by atoms with van der Waals surface area (Å²) in [4.78, 5) is 18.4. The van der Waals surface area contributed by atoms with E-state index in [-0.39, 0.29) is 12.1 Å². The first-order chi connectivity index (χ1) is 8.94. The van der Waals surface area contributed by atoms with Gasteiger partial charge in [0.15, 0.2) is 0 Å². The molecule has 0 unspecified atom stereocenters. The van der Waals surface area contributed by atoms with E-state index in [0.717, 1.165) is 5.69 Å². The number of nitrogens with zero attached hydrogens (tertiary/aromatic N) is 2. The summed E-state index contributed by atoms with van der Waals surface area (Å²) in [6, 6.07) is 9.25. The van der Waals surface area contributed by atoms with Gasteiger partial charge in [-0.15, -0.1) is 0 Å². The Kier molecular flexibility index (Phi) is 5.36. The van der Waals surface area contributed by atoms with Gasteiger partial charge in [-0.05, 0) is 32.9 Å². The van der Waals surface area contributed by atoms with Gasteiger partial charge < -0.3 is 9.57 Å². The van der Waals surface area contributed by atoms with Crippen molar-refractivity contribution in [2.75, 3.05) is 18.6 Å². The maximum atomic E-state index is 11.7. The minimum Gasteiger partial charge on any atom is -0.452 e. The first-order valence-corrected chi connectivity index (χ1v) is 6.04. The molecular formula is C14H20N2O3. The van der Waals surface area contributed by atoms with Crippen molar-refractivity contribution in [2.45, 2.75) is 26.4 Å². The Labute approximate surface area is 113 Å². The number of rotatable bonds is 4. The molecule has 0 aliphatic rings. The van der Waals surface area contributed by atoms with Gasteiger partial charge in [0, 0.05) is 5.69 Å². The third-order valence-corrected chi connectivity index (χ3v) is 2.13. The van der Waals surface area contributed by atoms with Gasteiger partial charge in [-0.1, -0.05) is 23.4 Å². The second kappa shape index (κ2) is 6.78. The molecular weight excluding hydrogens is 244 g/mol. The fourth-order valence-electron chi connectivity index (χ4n) is 1.31. The Bertz CT molecular complexity index is 424. The van der Waals surface area contributed by atoms with Crippen molar-refractivity contribution in [3.05, 3.63) is 30.3 Å². The number of oxime groups is 1. The lowest BCUT2D eigenvalue weighted by molar-refractivity contribution is 0.00172. The number of benzene rings is 1. The van der Waals surface area contributed by atoms with Crippen LogP contribution in [0.5, 0.6) is 0 Å². The van der Waals surface area contributed by atoms with Crippen molar-refractivity contribution in [1.29, 1.82) is 0 Å². The van der Waals surface area contributed by atoms with E-state index in [9.17, 15) is 4.79 Å². The summed E-state index contributed by atoms with van der Waals surface area (Å²) in [5, 5.41) is 3.85. The largest absolute Gasteiger partial charge is 0.452 e. The van der Waals surface area contributed by atoms with Crippen LogP contribution in [-0.4, -0.2) is 31.6 Å². The van der Waals surface area contributed by atoms with Crippen molar-refractivity contribution in [3.63, 3.8) is 0 Å². The number of carbonyl (C=O) groups excluding carboxylic acids is 1. The molecule has 0 atom stereocenters. The predicted octanol–water partition coefficient (Wildman–Crippen LogP) is 3.06. The summed E-state index contributed by atoms with van der Waals surface area (Å²) in [5.41, 5.74) is 0.399. The zero-order valence-corrected chi connectivity index (χ0v) is 11.8. The van der Waals surface area contributed by atoms with Crippen LogP contribution in [0.2, 0.25) is 0 Å². The van der Waals surface area contributed by atoms with E-state index in [4.69, 9.17) is 9.57 Å². The Morgan fingerprint density at radius 1 is 1.32 bits per heavy atom. The van der Waals surface area contributed by atoms with E-state index in [2.05, 4.69) is 5.16 Å². The summed E-state index contributed by atoms with van der Waals surface area (Å²) < 4.78 is 4.75. The average molecular weight is 264 g/mol. The molecule has 19 heavy (non-hydrogen) atoms. The fraction of sp³-hybridized carbons (Fsp3) is 0.429. The highest BCUT2D eigenvalue weighted by molar-refractivity contribution is 5.91. The van der Waals surface area contributed by atoms with Crippen LogP contribution < -0.4 is 4.90 Å². The van der Waals surface area contributed by atoms with Gasteiger partial charge in [-0.3, -0.25) is 4.90 Å².